The van der Waals surface area contributed by atoms with Crippen molar-refractivity contribution in [1.29, 1.82) is 0 Å². The molecule has 0 atom stereocenters. The van der Waals surface area contributed by atoms with Crippen molar-refractivity contribution in [1.82, 2.24) is 14.7 Å². The number of hydrogen-bond donors (Lipinski definition) is 3. The van der Waals surface area contributed by atoms with E-state index < -0.39 is 11.4 Å². The summed E-state index contributed by atoms with van der Waals surface area (Å²) in [6, 6.07) is 5.45. The summed E-state index contributed by atoms with van der Waals surface area (Å²) in [6.07, 6.45) is 3.39. The highest BCUT2D eigenvalue weighted by molar-refractivity contribution is 5.93. The van der Waals surface area contributed by atoms with Crippen molar-refractivity contribution in [2.75, 3.05) is 13.2 Å². The molecule has 0 spiro atoms. The van der Waals surface area contributed by atoms with Crippen molar-refractivity contribution in [3.8, 4) is 0 Å². The number of nitrogens with zero attached hydrogens (tertiary/aromatic N) is 2. The Morgan fingerprint density at radius 1 is 1.44 bits per heavy atom. The van der Waals surface area contributed by atoms with Gasteiger partial charge in [-0.15, -0.1) is 0 Å². The van der Waals surface area contributed by atoms with Gasteiger partial charge in [-0.1, -0.05) is 6.07 Å². The Bertz CT molecular complexity index is 527. The van der Waals surface area contributed by atoms with Gasteiger partial charge in [0.05, 0.1) is 18.8 Å². The summed E-state index contributed by atoms with van der Waals surface area (Å²) in [5, 5.41) is 20.8. The van der Waals surface area contributed by atoms with E-state index in [4.69, 9.17) is 10.2 Å². The molecule has 0 aliphatic rings. The molecule has 0 fully saturated rings. The van der Waals surface area contributed by atoms with Crippen LogP contribution in [0.2, 0.25) is 0 Å². The molecule has 1 amide bonds. The van der Waals surface area contributed by atoms with Gasteiger partial charge >= 0.3 is 0 Å². The molecule has 3 N–H and O–H groups in total. The fourth-order valence-corrected chi connectivity index (χ4v) is 1.51. The molecular formula is C12H15N3O3. The highest BCUT2D eigenvalue weighted by Crippen LogP contribution is 2.07. The van der Waals surface area contributed by atoms with E-state index in [0.717, 1.165) is 0 Å². The number of fused-ring (bicyclic) bond motifs is 1. The molecule has 96 valence electrons. The molecule has 6 nitrogen and oxygen atoms in total. The van der Waals surface area contributed by atoms with Crippen molar-refractivity contribution in [2.45, 2.75) is 12.5 Å². The van der Waals surface area contributed by atoms with E-state index in [1.54, 1.807) is 29.8 Å². The smallest absolute Gasteiger partial charge is 0.272 e. The minimum Gasteiger partial charge on any atom is -0.394 e. The summed E-state index contributed by atoms with van der Waals surface area (Å²) < 4.78 is 1.73. The number of carbonyl (C=O) groups excluding carboxylic acids is 1. The molecule has 6 heteroatoms. The van der Waals surface area contributed by atoms with E-state index in [0.29, 0.717) is 5.65 Å². The molecule has 0 saturated heterocycles. The molecular weight excluding hydrogens is 234 g/mol. The van der Waals surface area contributed by atoms with Gasteiger partial charge in [-0.05, 0) is 19.1 Å². The maximum absolute atomic E-state index is 11.9. The lowest BCUT2D eigenvalue weighted by Crippen LogP contribution is -2.51. The number of carbonyl (C=O) groups is 1. The van der Waals surface area contributed by atoms with E-state index >= 15 is 0 Å². The van der Waals surface area contributed by atoms with E-state index in [1.165, 1.54) is 0 Å². The van der Waals surface area contributed by atoms with E-state index in [1.807, 2.05) is 12.1 Å². The van der Waals surface area contributed by atoms with Crippen LogP contribution >= 0.6 is 0 Å². The molecule has 0 radical (unpaired) electrons. The summed E-state index contributed by atoms with van der Waals surface area (Å²) in [6.45, 7) is 0.867. The van der Waals surface area contributed by atoms with E-state index in [2.05, 4.69) is 10.3 Å². The van der Waals surface area contributed by atoms with Crippen LogP contribution in [-0.2, 0) is 0 Å². The highest BCUT2D eigenvalue weighted by atomic mass is 16.3. The van der Waals surface area contributed by atoms with Crippen LogP contribution < -0.4 is 5.32 Å². The Kier molecular flexibility index (Phi) is 3.31. The fourth-order valence-electron chi connectivity index (χ4n) is 1.51. The van der Waals surface area contributed by atoms with E-state index in [-0.39, 0.29) is 18.9 Å². The first-order valence-electron chi connectivity index (χ1n) is 5.56. The van der Waals surface area contributed by atoms with Gasteiger partial charge in [-0.25, -0.2) is 4.98 Å². The number of aromatic nitrogens is 2. The first-order valence-corrected chi connectivity index (χ1v) is 5.56. The normalized spacial score (nSPS) is 11.7. The number of amides is 1. The van der Waals surface area contributed by atoms with Gasteiger partial charge in [0, 0.05) is 12.4 Å². The Morgan fingerprint density at radius 3 is 2.78 bits per heavy atom. The largest absolute Gasteiger partial charge is 0.394 e. The third-order valence-electron chi connectivity index (χ3n) is 2.71. The molecule has 0 bridgehead atoms. The summed E-state index contributed by atoms with van der Waals surface area (Å²) >= 11 is 0. The van der Waals surface area contributed by atoms with Gasteiger partial charge < -0.3 is 19.9 Å². The summed E-state index contributed by atoms with van der Waals surface area (Å²) in [5.41, 5.74) is -0.140. The van der Waals surface area contributed by atoms with Gasteiger partial charge in [0.2, 0.25) is 0 Å². The van der Waals surface area contributed by atoms with Gasteiger partial charge in [0.15, 0.2) is 0 Å². The van der Waals surface area contributed by atoms with Crippen LogP contribution in [0, 0.1) is 0 Å². The second-order valence-corrected chi connectivity index (χ2v) is 4.42. The van der Waals surface area contributed by atoms with Crippen molar-refractivity contribution < 1.29 is 15.0 Å². The van der Waals surface area contributed by atoms with Crippen LogP contribution in [-0.4, -0.2) is 44.3 Å². The van der Waals surface area contributed by atoms with Crippen LogP contribution in [0.5, 0.6) is 0 Å². The maximum atomic E-state index is 11.9. The third-order valence-corrected chi connectivity index (χ3v) is 2.71. The Morgan fingerprint density at radius 2 is 2.17 bits per heavy atom. The Labute approximate surface area is 104 Å². The Balaban J connectivity index is 2.23. The lowest BCUT2D eigenvalue weighted by molar-refractivity contribution is 0.0720. The lowest BCUT2D eigenvalue weighted by Gasteiger charge is -2.25. The number of aliphatic hydroxyl groups is 2. The van der Waals surface area contributed by atoms with Crippen molar-refractivity contribution in [2.24, 2.45) is 0 Å². The monoisotopic (exact) mass is 249 g/mol. The average Bonchev–Trinajstić information content (AvgIpc) is 2.82. The standard InChI is InChI=1S/C12H15N3O3/c1-12(7-16,8-17)14-11(18)9-6-15-5-3-2-4-10(15)13-9/h2-6,16-17H,7-8H2,1H3,(H,14,18). The number of nitrogens with one attached hydrogen (secondary N) is 1. The molecule has 2 rings (SSSR count). The first-order chi connectivity index (χ1) is 8.58. The first kappa shape index (κ1) is 12.5. The zero-order valence-corrected chi connectivity index (χ0v) is 10.00. The average molecular weight is 249 g/mol. The topological polar surface area (TPSA) is 86.9 Å². The van der Waals surface area contributed by atoms with Crippen LogP contribution in [0.4, 0.5) is 0 Å². The Hall–Kier alpha value is -1.92. The second-order valence-electron chi connectivity index (χ2n) is 4.42. The summed E-state index contributed by atoms with van der Waals surface area (Å²) in [5.74, 6) is -0.427. The molecule has 2 aromatic rings. The van der Waals surface area contributed by atoms with Crippen molar-refractivity contribution in [3.63, 3.8) is 0 Å². The maximum Gasteiger partial charge on any atom is 0.272 e. The van der Waals surface area contributed by atoms with Crippen LogP contribution in [0.1, 0.15) is 17.4 Å². The van der Waals surface area contributed by atoms with Gasteiger partial charge in [0.25, 0.3) is 5.91 Å². The summed E-state index contributed by atoms with van der Waals surface area (Å²) in [7, 11) is 0. The number of rotatable bonds is 4. The molecule has 0 aliphatic carbocycles. The third kappa shape index (κ3) is 2.34. The fraction of sp³-hybridized carbons (Fsp3) is 0.333. The van der Waals surface area contributed by atoms with Crippen molar-refractivity contribution >= 4 is 11.6 Å². The second kappa shape index (κ2) is 4.75. The molecule has 0 saturated carbocycles. The molecule has 0 aliphatic heterocycles. The predicted molar refractivity (Wildman–Crippen MR) is 65.2 cm³/mol. The molecule has 2 aromatic heterocycles. The van der Waals surface area contributed by atoms with Crippen LogP contribution in [0.3, 0.4) is 0 Å². The highest BCUT2D eigenvalue weighted by Gasteiger charge is 2.26. The molecule has 0 aromatic carbocycles. The quantitative estimate of drug-likeness (QED) is 0.700. The molecule has 0 unspecified atom stereocenters. The predicted octanol–water partition coefficient (Wildman–Crippen LogP) is -0.193. The number of aliphatic hydroxyl groups excluding tert-OH is 2. The lowest BCUT2D eigenvalue weighted by atomic mass is 10.1. The summed E-state index contributed by atoms with van der Waals surface area (Å²) in [4.78, 5) is 16.1. The van der Waals surface area contributed by atoms with Crippen LogP contribution in [0.15, 0.2) is 30.6 Å². The van der Waals surface area contributed by atoms with E-state index in [9.17, 15) is 4.79 Å². The van der Waals surface area contributed by atoms with Gasteiger partial charge in [-0.3, -0.25) is 4.79 Å². The van der Waals surface area contributed by atoms with Gasteiger partial charge in [-0.2, -0.15) is 0 Å². The zero-order chi connectivity index (χ0) is 13.2. The number of hydrogen-bond acceptors (Lipinski definition) is 4. The zero-order valence-electron chi connectivity index (χ0n) is 10.00. The van der Waals surface area contributed by atoms with Crippen LogP contribution in [0.25, 0.3) is 5.65 Å². The minimum atomic E-state index is -1.05. The van der Waals surface area contributed by atoms with Gasteiger partial charge in [0.1, 0.15) is 11.3 Å². The number of imidazole rings is 1. The molecule has 18 heavy (non-hydrogen) atoms. The number of pyridine rings is 1. The van der Waals surface area contributed by atoms with Crippen molar-refractivity contribution in [3.05, 3.63) is 36.3 Å². The SMILES string of the molecule is CC(CO)(CO)NC(=O)c1cn2ccccc2n1. The minimum absolute atomic E-state index is 0.245. The molecule has 2 heterocycles.